The van der Waals surface area contributed by atoms with Crippen molar-refractivity contribution in [2.24, 2.45) is 5.14 Å². The Morgan fingerprint density at radius 1 is 1.25 bits per heavy atom. The summed E-state index contributed by atoms with van der Waals surface area (Å²) in [6.07, 6.45) is 3.97. The molecule has 1 atom stereocenters. The van der Waals surface area contributed by atoms with Gasteiger partial charge in [-0.2, -0.15) is 0 Å². The molecule has 0 saturated heterocycles. The smallest absolute Gasteiger partial charge is 0.315 e. The molecule has 2 amide bonds. The minimum atomic E-state index is -3.68. The van der Waals surface area contributed by atoms with Crippen LogP contribution in [-0.4, -0.2) is 26.0 Å². The van der Waals surface area contributed by atoms with Gasteiger partial charge in [-0.25, -0.2) is 18.4 Å². The van der Waals surface area contributed by atoms with Gasteiger partial charge in [0.05, 0.1) is 10.9 Å². The second kappa shape index (κ2) is 7.89. The topological polar surface area (TPSA) is 114 Å². The van der Waals surface area contributed by atoms with Crippen LogP contribution in [0.25, 0.3) is 0 Å². The number of hydrogen-bond acceptors (Lipinski definition) is 4. The van der Waals surface area contributed by atoms with Gasteiger partial charge in [-0.05, 0) is 42.7 Å². The standard InChI is InChI=1S/C16H20N4O3S/c1-12(14-3-2-9-18-11-14)20-16(21)19-10-8-13-4-6-15(7-5-13)24(17,22)23/h2-7,9,11-12H,8,10H2,1H3,(H2,17,22,23)(H2,19,20,21). The quantitative estimate of drug-likeness (QED) is 0.730. The minimum Gasteiger partial charge on any atom is -0.338 e. The van der Waals surface area contributed by atoms with Crippen LogP contribution in [0.3, 0.4) is 0 Å². The molecule has 1 aromatic carbocycles. The van der Waals surface area contributed by atoms with Gasteiger partial charge in [-0.3, -0.25) is 4.98 Å². The third kappa shape index (κ3) is 5.32. The van der Waals surface area contributed by atoms with E-state index in [9.17, 15) is 13.2 Å². The normalized spacial score (nSPS) is 12.4. The number of urea groups is 1. The van der Waals surface area contributed by atoms with E-state index in [0.29, 0.717) is 13.0 Å². The first-order valence-electron chi connectivity index (χ1n) is 7.42. The number of carbonyl (C=O) groups is 1. The van der Waals surface area contributed by atoms with E-state index < -0.39 is 10.0 Å². The van der Waals surface area contributed by atoms with E-state index in [0.717, 1.165) is 11.1 Å². The molecule has 8 heteroatoms. The number of nitrogens with zero attached hydrogens (tertiary/aromatic N) is 1. The molecule has 0 radical (unpaired) electrons. The fourth-order valence-corrected chi connectivity index (χ4v) is 2.64. The Kier molecular flexibility index (Phi) is 5.88. The van der Waals surface area contributed by atoms with Gasteiger partial charge in [-0.15, -0.1) is 0 Å². The van der Waals surface area contributed by atoms with Crippen LogP contribution >= 0.6 is 0 Å². The average molecular weight is 348 g/mol. The van der Waals surface area contributed by atoms with Gasteiger partial charge in [0.1, 0.15) is 0 Å². The highest BCUT2D eigenvalue weighted by Gasteiger charge is 2.09. The van der Waals surface area contributed by atoms with Crippen LogP contribution in [0.1, 0.15) is 24.1 Å². The molecular weight excluding hydrogens is 328 g/mol. The highest BCUT2D eigenvalue weighted by molar-refractivity contribution is 7.89. The number of benzene rings is 1. The van der Waals surface area contributed by atoms with Crippen LogP contribution in [0.4, 0.5) is 4.79 Å². The van der Waals surface area contributed by atoms with Gasteiger partial charge >= 0.3 is 6.03 Å². The fraction of sp³-hybridized carbons (Fsp3) is 0.250. The van der Waals surface area contributed by atoms with Crippen LogP contribution in [0.5, 0.6) is 0 Å². The number of amides is 2. The molecule has 0 aliphatic carbocycles. The summed E-state index contributed by atoms with van der Waals surface area (Å²) < 4.78 is 22.4. The summed E-state index contributed by atoms with van der Waals surface area (Å²) >= 11 is 0. The van der Waals surface area contributed by atoms with Crippen molar-refractivity contribution in [1.29, 1.82) is 0 Å². The molecule has 1 heterocycles. The first-order valence-corrected chi connectivity index (χ1v) is 8.97. The van der Waals surface area contributed by atoms with Crippen molar-refractivity contribution in [2.45, 2.75) is 24.3 Å². The Morgan fingerprint density at radius 2 is 1.96 bits per heavy atom. The molecular formula is C16H20N4O3S. The van der Waals surface area contributed by atoms with E-state index in [4.69, 9.17) is 5.14 Å². The maximum atomic E-state index is 11.9. The van der Waals surface area contributed by atoms with Crippen LogP contribution in [-0.2, 0) is 16.4 Å². The first-order chi connectivity index (χ1) is 11.4. The molecule has 2 aromatic rings. The summed E-state index contributed by atoms with van der Waals surface area (Å²) in [5.74, 6) is 0. The number of nitrogens with two attached hydrogens (primary N) is 1. The molecule has 128 valence electrons. The van der Waals surface area contributed by atoms with Crippen molar-refractivity contribution >= 4 is 16.1 Å². The van der Waals surface area contributed by atoms with Crippen LogP contribution in [0.2, 0.25) is 0 Å². The van der Waals surface area contributed by atoms with Gasteiger partial charge in [0.2, 0.25) is 10.0 Å². The van der Waals surface area contributed by atoms with Gasteiger partial charge in [0, 0.05) is 18.9 Å². The molecule has 0 aliphatic heterocycles. The number of carbonyl (C=O) groups excluding carboxylic acids is 1. The summed E-state index contributed by atoms with van der Waals surface area (Å²) in [4.78, 5) is 16.0. The summed E-state index contributed by atoms with van der Waals surface area (Å²) in [5, 5.41) is 10.6. The van der Waals surface area contributed by atoms with Crippen LogP contribution in [0.15, 0.2) is 53.7 Å². The van der Waals surface area contributed by atoms with E-state index in [2.05, 4.69) is 15.6 Å². The summed E-state index contributed by atoms with van der Waals surface area (Å²) in [6.45, 7) is 2.31. The number of hydrogen-bond donors (Lipinski definition) is 3. The second-order valence-corrected chi connectivity index (χ2v) is 6.91. The Morgan fingerprint density at radius 3 is 2.54 bits per heavy atom. The van der Waals surface area contributed by atoms with E-state index >= 15 is 0 Å². The molecule has 0 saturated carbocycles. The zero-order chi connectivity index (χ0) is 17.6. The molecule has 0 spiro atoms. The molecule has 0 fully saturated rings. The first kappa shape index (κ1) is 17.9. The number of primary sulfonamides is 1. The maximum absolute atomic E-state index is 11.9. The number of pyridine rings is 1. The lowest BCUT2D eigenvalue weighted by atomic mass is 10.1. The molecule has 2 rings (SSSR count). The zero-order valence-corrected chi connectivity index (χ0v) is 14.1. The predicted octanol–water partition coefficient (Wildman–Crippen LogP) is 1.33. The van der Waals surface area contributed by atoms with Crippen LogP contribution in [0, 0.1) is 0 Å². The Hall–Kier alpha value is -2.45. The fourth-order valence-electron chi connectivity index (χ4n) is 2.13. The third-order valence-electron chi connectivity index (χ3n) is 3.48. The Balaban J connectivity index is 1.78. The number of rotatable bonds is 6. The molecule has 0 aliphatic rings. The van der Waals surface area contributed by atoms with Gasteiger partial charge in [-0.1, -0.05) is 18.2 Å². The van der Waals surface area contributed by atoms with Crippen LogP contribution < -0.4 is 15.8 Å². The molecule has 1 aromatic heterocycles. The predicted molar refractivity (Wildman–Crippen MR) is 90.7 cm³/mol. The number of aromatic nitrogens is 1. The second-order valence-electron chi connectivity index (χ2n) is 5.35. The van der Waals surface area contributed by atoms with Crippen molar-refractivity contribution in [3.05, 3.63) is 59.9 Å². The lowest BCUT2D eigenvalue weighted by Crippen LogP contribution is -2.38. The molecule has 1 unspecified atom stereocenters. The van der Waals surface area contributed by atoms with E-state index in [1.54, 1.807) is 24.5 Å². The summed E-state index contributed by atoms with van der Waals surface area (Å²) in [6, 6.07) is 9.56. The van der Waals surface area contributed by atoms with E-state index in [-0.39, 0.29) is 17.0 Å². The highest BCUT2D eigenvalue weighted by Crippen LogP contribution is 2.10. The Bertz CT molecular complexity index is 777. The number of nitrogens with one attached hydrogen (secondary N) is 2. The van der Waals surface area contributed by atoms with Crippen molar-refractivity contribution in [3.8, 4) is 0 Å². The van der Waals surface area contributed by atoms with Gasteiger partial charge in [0.25, 0.3) is 0 Å². The van der Waals surface area contributed by atoms with Crippen molar-refractivity contribution in [1.82, 2.24) is 15.6 Å². The van der Waals surface area contributed by atoms with Gasteiger partial charge < -0.3 is 10.6 Å². The van der Waals surface area contributed by atoms with Crippen molar-refractivity contribution < 1.29 is 13.2 Å². The van der Waals surface area contributed by atoms with Crippen molar-refractivity contribution in [2.75, 3.05) is 6.54 Å². The third-order valence-corrected chi connectivity index (χ3v) is 4.41. The van der Waals surface area contributed by atoms with E-state index in [1.165, 1.54) is 12.1 Å². The largest absolute Gasteiger partial charge is 0.338 e. The van der Waals surface area contributed by atoms with Crippen molar-refractivity contribution in [3.63, 3.8) is 0 Å². The zero-order valence-electron chi connectivity index (χ0n) is 13.3. The van der Waals surface area contributed by atoms with Gasteiger partial charge in [0.15, 0.2) is 0 Å². The van der Waals surface area contributed by atoms with E-state index in [1.807, 2.05) is 19.1 Å². The maximum Gasteiger partial charge on any atom is 0.315 e. The lowest BCUT2D eigenvalue weighted by molar-refractivity contribution is 0.238. The SMILES string of the molecule is CC(NC(=O)NCCc1ccc(S(N)(=O)=O)cc1)c1cccnc1. The lowest BCUT2D eigenvalue weighted by Gasteiger charge is -2.14. The minimum absolute atomic E-state index is 0.0715. The monoisotopic (exact) mass is 348 g/mol. The Labute approximate surface area is 141 Å². The molecule has 4 N–H and O–H groups in total. The summed E-state index contributed by atoms with van der Waals surface area (Å²) in [7, 11) is -3.68. The molecule has 24 heavy (non-hydrogen) atoms. The molecule has 0 bridgehead atoms. The highest BCUT2D eigenvalue weighted by atomic mass is 32.2. The average Bonchev–Trinajstić information content (AvgIpc) is 2.55. The number of sulfonamides is 1. The summed E-state index contributed by atoms with van der Waals surface area (Å²) in [5.41, 5.74) is 1.83. The molecule has 7 nitrogen and oxygen atoms in total.